The van der Waals surface area contributed by atoms with Crippen molar-refractivity contribution < 1.29 is 14.3 Å². The van der Waals surface area contributed by atoms with Gasteiger partial charge in [-0.15, -0.1) is 0 Å². The van der Waals surface area contributed by atoms with Gasteiger partial charge in [0.05, 0.1) is 18.8 Å². The molecule has 1 aliphatic rings. The monoisotopic (exact) mass is 554 g/mol. The number of hydrogen-bond donors (Lipinski definition) is 1. The average Bonchev–Trinajstić information content (AvgIpc) is 3.67. The van der Waals surface area contributed by atoms with Crippen molar-refractivity contribution in [3.63, 3.8) is 0 Å². The van der Waals surface area contributed by atoms with Crippen molar-refractivity contribution in [1.29, 1.82) is 0 Å². The first kappa shape index (κ1) is 28.8. The molecule has 0 saturated heterocycles. The van der Waals surface area contributed by atoms with Crippen molar-refractivity contribution in [2.75, 3.05) is 20.3 Å². The van der Waals surface area contributed by atoms with Gasteiger partial charge in [-0.1, -0.05) is 43.9 Å². The molecule has 216 valence electrons. The number of nitrogens with zero attached hydrogens (tertiary/aromatic N) is 3. The summed E-state index contributed by atoms with van der Waals surface area (Å²) in [5.74, 6) is 1.64. The summed E-state index contributed by atoms with van der Waals surface area (Å²) < 4.78 is 13.2. The van der Waals surface area contributed by atoms with Crippen molar-refractivity contribution in [3.8, 4) is 16.9 Å². The minimum Gasteiger partial charge on any atom is -0.491 e. The Morgan fingerprint density at radius 1 is 1.00 bits per heavy atom. The van der Waals surface area contributed by atoms with Gasteiger partial charge >= 0.3 is 0 Å². The van der Waals surface area contributed by atoms with Gasteiger partial charge in [-0.05, 0) is 73.6 Å². The molecule has 4 aromatic rings. The second kappa shape index (κ2) is 14.8. The largest absolute Gasteiger partial charge is 0.491 e. The predicted molar refractivity (Wildman–Crippen MR) is 163 cm³/mol. The summed E-state index contributed by atoms with van der Waals surface area (Å²) in [4.78, 5) is 22.3. The van der Waals surface area contributed by atoms with Crippen LogP contribution < -0.4 is 10.1 Å². The highest BCUT2D eigenvalue weighted by Gasteiger charge is 2.30. The van der Waals surface area contributed by atoms with E-state index in [0.717, 1.165) is 65.8 Å². The minimum atomic E-state index is 0.0975. The van der Waals surface area contributed by atoms with Crippen molar-refractivity contribution >= 4 is 16.9 Å². The number of hydrogen-bond acceptors (Lipinski definition) is 5. The summed E-state index contributed by atoms with van der Waals surface area (Å²) in [6, 6.07) is 18.2. The molecule has 1 saturated carbocycles. The summed E-state index contributed by atoms with van der Waals surface area (Å²) in [7, 11) is 1.68. The first-order valence-electron chi connectivity index (χ1n) is 15.1. The van der Waals surface area contributed by atoms with Gasteiger partial charge in [0, 0.05) is 49.1 Å². The highest BCUT2D eigenvalue weighted by molar-refractivity contribution is 5.94. The molecule has 7 nitrogen and oxygen atoms in total. The van der Waals surface area contributed by atoms with E-state index >= 15 is 0 Å². The van der Waals surface area contributed by atoms with Crippen LogP contribution in [-0.2, 0) is 22.6 Å². The van der Waals surface area contributed by atoms with E-state index in [9.17, 15) is 4.79 Å². The number of carbonyl (C=O) groups is 1. The normalized spacial score (nSPS) is 14.4. The maximum absolute atomic E-state index is 13.2. The molecule has 0 bridgehead atoms. The molecule has 41 heavy (non-hydrogen) atoms. The van der Waals surface area contributed by atoms with E-state index in [-0.39, 0.29) is 11.8 Å². The number of aryl methyl sites for hydroxylation is 1. The number of nitrogens with one attached hydrogen (secondary N) is 1. The number of methoxy groups -OCH3 is 1. The summed E-state index contributed by atoms with van der Waals surface area (Å²) >= 11 is 0. The molecule has 1 aromatic carbocycles. The quantitative estimate of drug-likeness (QED) is 0.163. The van der Waals surface area contributed by atoms with Crippen LogP contribution in [0.1, 0.15) is 57.1 Å². The van der Waals surface area contributed by atoms with Gasteiger partial charge in [0.1, 0.15) is 18.0 Å². The third kappa shape index (κ3) is 7.73. The molecule has 0 radical (unpaired) electrons. The lowest BCUT2D eigenvalue weighted by Crippen LogP contribution is -2.34. The third-order valence-corrected chi connectivity index (χ3v) is 8.22. The lowest BCUT2D eigenvalue weighted by Gasteiger charge is -2.22. The maximum Gasteiger partial charge on any atom is 0.223 e. The number of fused-ring (bicyclic) bond motifs is 1. The second-order valence-corrected chi connectivity index (χ2v) is 11.0. The molecular weight excluding hydrogens is 512 g/mol. The van der Waals surface area contributed by atoms with Crippen molar-refractivity contribution in [3.05, 3.63) is 78.9 Å². The molecule has 7 heteroatoms. The van der Waals surface area contributed by atoms with E-state index in [2.05, 4.69) is 39.3 Å². The van der Waals surface area contributed by atoms with Gasteiger partial charge in [0.2, 0.25) is 5.91 Å². The number of aromatic nitrogens is 3. The fraction of sp³-hybridized carbons (Fsp3) is 0.441. The van der Waals surface area contributed by atoms with Gasteiger partial charge in [-0.25, -0.2) is 4.98 Å². The molecule has 5 rings (SSSR count). The molecule has 1 amide bonds. The Kier molecular flexibility index (Phi) is 10.4. The van der Waals surface area contributed by atoms with E-state index in [1.165, 1.54) is 25.7 Å². The Bertz CT molecular complexity index is 1380. The van der Waals surface area contributed by atoms with Crippen LogP contribution in [0.5, 0.6) is 5.75 Å². The summed E-state index contributed by atoms with van der Waals surface area (Å²) in [5.41, 5.74) is 4.19. The maximum atomic E-state index is 13.2. The zero-order valence-electron chi connectivity index (χ0n) is 24.1. The number of pyridine rings is 2. The number of carbonyl (C=O) groups excluding carboxylic acids is 1. The van der Waals surface area contributed by atoms with E-state index < -0.39 is 0 Å². The molecule has 1 atom stereocenters. The van der Waals surface area contributed by atoms with E-state index in [1.807, 2.05) is 42.6 Å². The highest BCUT2D eigenvalue weighted by Crippen LogP contribution is 2.35. The Labute approximate surface area is 243 Å². The van der Waals surface area contributed by atoms with Crippen LogP contribution in [0.25, 0.3) is 22.2 Å². The average molecular weight is 555 g/mol. The lowest BCUT2D eigenvalue weighted by atomic mass is 9.85. The summed E-state index contributed by atoms with van der Waals surface area (Å²) in [5, 5.41) is 4.32. The smallest absolute Gasteiger partial charge is 0.223 e. The van der Waals surface area contributed by atoms with E-state index in [4.69, 9.17) is 14.5 Å². The topological polar surface area (TPSA) is 78.3 Å². The first-order valence-corrected chi connectivity index (χ1v) is 15.1. The molecule has 3 heterocycles. The van der Waals surface area contributed by atoms with Gasteiger partial charge in [0.25, 0.3) is 0 Å². The van der Waals surface area contributed by atoms with E-state index in [0.29, 0.717) is 25.7 Å². The van der Waals surface area contributed by atoms with Crippen LogP contribution in [0.3, 0.4) is 0 Å². The minimum absolute atomic E-state index is 0.0975. The van der Waals surface area contributed by atoms with Gasteiger partial charge < -0.3 is 19.4 Å². The molecule has 1 fully saturated rings. The SMILES string of the molecule is COCCOc1cccc(-c2cn(CCCCCC(C(=O)NCc3ccccn3)C3CCCC3)c3ncccc23)c1. The van der Waals surface area contributed by atoms with Crippen LogP contribution in [0.2, 0.25) is 0 Å². The lowest BCUT2D eigenvalue weighted by molar-refractivity contribution is -0.127. The molecule has 0 aliphatic heterocycles. The second-order valence-electron chi connectivity index (χ2n) is 11.0. The van der Waals surface area contributed by atoms with Crippen LogP contribution in [0, 0.1) is 11.8 Å². The molecular formula is C34H42N4O3. The Balaban J connectivity index is 1.18. The zero-order chi connectivity index (χ0) is 28.3. The molecule has 1 N–H and O–H groups in total. The predicted octanol–water partition coefficient (Wildman–Crippen LogP) is 6.81. The van der Waals surface area contributed by atoms with E-state index in [1.54, 1.807) is 13.3 Å². The number of benzene rings is 1. The Hall–Kier alpha value is -3.71. The Morgan fingerprint density at radius 2 is 1.88 bits per heavy atom. The number of unbranched alkanes of at least 4 members (excludes halogenated alkanes) is 2. The van der Waals surface area contributed by atoms with Gasteiger partial charge in [-0.2, -0.15) is 0 Å². The van der Waals surface area contributed by atoms with Gasteiger partial charge in [0.15, 0.2) is 0 Å². The standard InChI is InChI=1S/C34H42N4O3/c1-40-21-22-41-29-15-9-13-27(23-29)32-25-38(33-31(32)17-10-19-36-33)20-8-2-3-16-30(26-11-4-5-12-26)34(39)37-24-28-14-6-7-18-35-28/h6-7,9-10,13-15,17-19,23,25-26,30H,2-5,8,11-12,16,20-22,24H2,1H3,(H,37,39). The third-order valence-electron chi connectivity index (χ3n) is 8.22. The highest BCUT2D eigenvalue weighted by atomic mass is 16.5. The van der Waals surface area contributed by atoms with Crippen LogP contribution in [0.15, 0.2) is 73.2 Å². The van der Waals surface area contributed by atoms with Crippen molar-refractivity contribution in [2.45, 2.75) is 64.5 Å². The fourth-order valence-corrected chi connectivity index (χ4v) is 6.09. The van der Waals surface area contributed by atoms with Crippen molar-refractivity contribution in [2.24, 2.45) is 11.8 Å². The van der Waals surface area contributed by atoms with Crippen LogP contribution in [0.4, 0.5) is 0 Å². The molecule has 1 unspecified atom stereocenters. The van der Waals surface area contributed by atoms with Gasteiger partial charge in [-0.3, -0.25) is 9.78 Å². The van der Waals surface area contributed by atoms with Crippen molar-refractivity contribution in [1.82, 2.24) is 19.9 Å². The fourth-order valence-electron chi connectivity index (χ4n) is 6.09. The summed E-state index contributed by atoms with van der Waals surface area (Å²) in [6.07, 6.45) is 14.8. The molecule has 3 aromatic heterocycles. The number of ether oxygens (including phenoxy) is 2. The first-order chi connectivity index (χ1) is 20.2. The van der Waals surface area contributed by atoms with Crippen LogP contribution in [-0.4, -0.2) is 40.8 Å². The molecule has 0 spiro atoms. The number of amides is 1. The summed E-state index contributed by atoms with van der Waals surface area (Å²) in [6.45, 7) is 2.49. The van der Waals surface area contributed by atoms with Crippen LogP contribution >= 0.6 is 0 Å². The molecule has 1 aliphatic carbocycles. The Morgan fingerprint density at radius 3 is 2.71 bits per heavy atom. The zero-order valence-corrected chi connectivity index (χ0v) is 24.1. The number of rotatable bonds is 15.